The Hall–Kier alpha value is -2.20. The molecule has 120 valence electrons. The first-order valence-corrected chi connectivity index (χ1v) is 6.52. The lowest BCUT2D eigenvalue weighted by Crippen LogP contribution is -2.59. The zero-order valence-electron chi connectivity index (χ0n) is 11.5. The fourth-order valence-corrected chi connectivity index (χ4v) is 1.85. The first-order chi connectivity index (χ1) is 10.5. The molecule has 0 bridgehead atoms. The molecule has 1 aromatic rings. The van der Waals surface area contributed by atoms with Crippen LogP contribution >= 0.6 is 0 Å². The van der Waals surface area contributed by atoms with Gasteiger partial charge in [0.05, 0.1) is 12.8 Å². The van der Waals surface area contributed by atoms with Crippen LogP contribution in [0.4, 0.5) is 4.79 Å². The molecule has 1 saturated heterocycles. The quantitative estimate of drug-likeness (QED) is 0.295. The average Bonchev–Trinajstić information content (AvgIpc) is 2.50. The van der Waals surface area contributed by atoms with E-state index >= 15 is 0 Å². The van der Waals surface area contributed by atoms with Gasteiger partial charge >= 0.3 is 6.03 Å². The van der Waals surface area contributed by atoms with Gasteiger partial charge in [0, 0.05) is 5.56 Å². The summed E-state index contributed by atoms with van der Waals surface area (Å²) in [6, 6.07) is 5.64. The van der Waals surface area contributed by atoms with Crippen LogP contribution in [-0.4, -0.2) is 63.8 Å². The number of nitrogens with zero attached hydrogens (tertiary/aromatic N) is 1. The van der Waals surface area contributed by atoms with Crippen molar-refractivity contribution in [3.8, 4) is 5.75 Å². The number of benzene rings is 1. The van der Waals surface area contributed by atoms with Crippen molar-refractivity contribution in [2.45, 2.75) is 24.5 Å². The van der Waals surface area contributed by atoms with Crippen LogP contribution in [0.1, 0.15) is 5.56 Å². The molecule has 0 saturated carbocycles. The molecule has 4 atom stereocenters. The number of aliphatic hydroxyl groups excluding tert-OH is 3. The second-order valence-electron chi connectivity index (χ2n) is 4.70. The molecule has 4 unspecified atom stereocenters. The van der Waals surface area contributed by atoms with Crippen molar-refractivity contribution in [2.75, 3.05) is 6.61 Å². The predicted octanol–water partition coefficient (Wildman–Crippen LogP) is -1.54. The summed E-state index contributed by atoms with van der Waals surface area (Å²) < 4.78 is 5.00. The maximum absolute atomic E-state index is 11.6. The second kappa shape index (κ2) is 7.18. The van der Waals surface area contributed by atoms with Gasteiger partial charge in [0.15, 0.2) is 6.23 Å². The van der Waals surface area contributed by atoms with Crippen molar-refractivity contribution >= 4 is 12.2 Å². The van der Waals surface area contributed by atoms with E-state index < -0.39 is 30.6 Å². The fourth-order valence-electron chi connectivity index (χ4n) is 1.85. The van der Waals surface area contributed by atoms with Gasteiger partial charge in [-0.25, -0.2) is 10.2 Å². The fraction of sp³-hybridized carbons (Fsp3) is 0.385. The summed E-state index contributed by atoms with van der Waals surface area (Å²) in [6.45, 7) is -0.218. The Morgan fingerprint density at radius 2 is 2.00 bits per heavy atom. The zero-order chi connectivity index (χ0) is 16.1. The van der Waals surface area contributed by atoms with Crippen LogP contribution in [0.15, 0.2) is 29.4 Å². The maximum Gasteiger partial charge on any atom is 0.337 e. The summed E-state index contributed by atoms with van der Waals surface area (Å²) in [5.74, 6) is 0.0107. The lowest BCUT2D eigenvalue weighted by molar-refractivity contribution is -0.191. The van der Waals surface area contributed by atoms with E-state index in [2.05, 4.69) is 15.8 Å². The molecule has 9 heteroatoms. The Morgan fingerprint density at radius 1 is 1.27 bits per heavy atom. The van der Waals surface area contributed by atoms with Crippen molar-refractivity contribution < 1.29 is 30.0 Å². The molecule has 9 nitrogen and oxygen atoms in total. The molecule has 2 rings (SSSR count). The van der Waals surface area contributed by atoms with Crippen LogP contribution in [-0.2, 0) is 4.74 Å². The number of hydrogen-bond acceptors (Lipinski definition) is 7. The van der Waals surface area contributed by atoms with E-state index in [0.29, 0.717) is 5.56 Å². The molecule has 2 amide bonds. The van der Waals surface area contributed by atoms with Crippen molar-refractivity contribution in [3.63, 3.8) is 0 Å². The number of rotatable bonds is 3. The third-order valence-electron chi connectivity index (χ3n) is 3.08. The molecule has 0 aliphatic carbocycles. The van der Waals surface area contributed by atoms with Gasteiger partial charge in [0.2, 0.25) is 0 Å². The van der Waals surface area contributed by atoms with Gasteiger partial charge in [-0.15, -0.1) is 0 Å². The monoisotopic (exact) mass is 311 g/mol. The first-order valence-electron chi connectivity index (χ1n) is 6.52. The van der Waals surface area contributed by atoms with E-state index in [-0.39, 0.29) is 12.4 Å². The summed E-state index contributed by atoms with van der Waals surface area (Å²) in [7, 11) is 0. The number of carbonyl (C=O) groups is 1. The minimum atomic E-state index is -1.46. The molecule has 0 spiro atoms. The number of aromatic hydroxyl groups is 1. The highest BCUT2D eigenvalue weighted by Crippen LogP contribution is 2.14. The number of amides is 2. The first kappa shape index (κ1) is 16.2. The van der Waals surface area contributed by atoms with E-state index in [9.17, 15) is 25.2 Å². The number of nitrogens with one attached hydrogen (secondary N) is 2. The number of phenols is 1. The lowest BCUT2D eigenvalue weighted by atomic mass is 10.0. The Bertz CT molecular complexity index is 552. The smallest absolute Gasteiger partial charge is 0.337 e. The number of hydrazone groups is 1. The molecule has 0 aromatic heterocycles. The van der Waals surface area contributed by atoms with Crippen LogP contribution in [0.3, 0.4) is 0 Å². The number of ether oxygens (including phenoxy) is 1. The van der Waals surface area contributed by atoms with Crippen LogP contribution in [0.25, 0.3) is 0 Å². The van der Waals surface area contributed by atoms with Crippen LogP contribution < -0.4 is 10.7 Å². The standard InChI is InChI=1S/C13H17N3O6/c17-8-4-2-1-3-7(8)5-14-16-13(21)15-12-11(20)10(19)9(18)6-22-12/h1-5,9-12,17-20H,6H2,(H2,15,16,21)/b14-5+. The molecule has 0 radical (unpaired) electrons. The molecule has 1 aromatic carbocycles. The highest BCUT2D eigenvalue weighted by molar-refractivity contribution is 5.84. The van der Waals surface area contributed by atoms with Crippen LogP contribution in [0, 0.1) is 0 Å². The van der Waals surface area contributed by atoms with Crippen molar-refractivity contribution in [3.05, 3.63) is 29.8 Å². The Labute approximate surface area is 125 Å². The number of urea groups is 1. The Kier molecular flexibility index (Phi) is 5.28. The van der Waals surface area contributed by atoms with Gasteiger partial charge < -0.3 is 30.5 Å². The molecule has 1 fully saturated rings. The molecule has 6 N–H and O–H groups in total. The van der Waals surface area contributed by atoms with Gasteiger partial charge in [-0.05, 0) is 12.1 Å². The topological polar surface area (TPSA) is 144 Å². The van der Waals surface area contributed by atoms with E-state index in [1.54, 1.807) is 18.2 Å². The van der Waals surface area contributed by atoms with E-state index in [4.69, 9.17) is 4.74 Å². The lowest BCUT2D eigenvalue weighted by Gasteiger charge is -2.35. The summed E-state index contributed by atoms with van der Waals surface area (Å²) in [6.07, 6.45) is -4.01. The van der Waals surface area contributed by atoms with Gasteiger partial charge in [-0.2, -0.15) is 5.10 Å². The molecular weight excluding hydrogens is 294 g/mol. The van der Waals surface area contributed by atoms with Gasteiger partial charge in [-0.1, -0.05) is 12.1 Å². The molecule has 22 heavy (non-hydrogen) atoms. The number of para-hydroxylation sites is 1. The average molecular weight is 311 g/mol. The van der Waals surface area contributed by atoms with Gasteiger partial charge in [0.25, 0.3) is 0 Å². The predicted molar refractivity (Wildman–Crippen MR) is 75.1 cm³/mol. The Morgan fingerprint density at radius 3 is 2.73 bits per heavy atom. The van der Waals surface area contributed by atoms with Gasteiger partial charge in [-0.3, -0.25) is 0 Å². The van der Waals surface area contributed by atoms with Crippen LogP contribution in [0.2, 0.25) is 0 Å². The summed E-state index contributed by atoms with van der Waals surface area (Å²) >= 11 is 0. The molecule has 1 aliphatic rings. The maximum atomic E-state index is 11.6. The Balaban J connectivity index is 1.84. The SMILES string of the molecule is O=C(N/N=C/c1ccccc1O)NC1OCC(O)C(O)C1O. The number of aliphatic hydroxyl groups is 3. The highest BCUT2D eigenvalue weighted by atomic mass is 16.5. The number of phenolic OH excluding ortho intramolecular Hbond substituents is 1. The van der Waals surface area contributed by atoms with E-state index in [1.165, 1.54) is 12.3 Å². The van der Waals surface area contributed by atoms with Crippen molar-refractivity contribution in [1.82, 2.24) is 10.7 Å². The third-order valence-corrected chi connectivity index (χ3v) is 3.08. The van der Waals surface area contributed by atoms with Gasteiger partial charge in [0.1, 0.15) is 24.1 Å². The summed E-state index contributed by atoms with van der Waals surface area (Å²) in [5, 5.41) is 43.8. The minimum absolute atomic E-state index is 0.0107. The van der Waals surface area contributed by atoms with E-state index in [0.717, 1.165) is 0 Å². The third kappa shape index (κ3) is 3.92. The zero-order valence-corrected chi connectivity index (χ0v) is 11.5. The summed E-state index contributed by atoms with van der Waals surface area (Å²) in [5.41, 5.74) is 2.54. The molecular formula is C13H17N3O6. The van der Waals surface area contributed by atoms with Crippen molar-refractivity contribution in [2.24, 2.45) is 5.10 Å². The molecule has 1 heterocycles. The normalized spacial score (nSPS) is 28.5. The minimum Gasteiger partial charge on any atom is -0.507 e. The summed E-state index contributed by atoms with van der Waals surface area (Å²) in [4.78, 5) is 11.6. The van der Waals surface area contributed by atoms with Crippen LogP contribution in [0.5, 0.6) is 5.75 Å². The largest absolute Gasteiger partial charge is 0.507 e. The highest BCUT2D eigenvalue weighted by Gasteiger charge is 2.38. The molecule has 1 aliphatic heterocycles. The van der Waals surface area contributed by atoms with Crippen molar-refractivity contribution in [1.29, 1.82) is 0 Å². The number of hydrogen-bond donors (Lipinski definition) is 6. The second-order valence-corrected chi connectivity index (χ2v) is 4.70. The van der Waals surface area contributed by atoms with E-state index in [1.807, 2.05) is 0 Å². The number of carbonyl (C=O) groups excluding carboxylic acids is 1.